The molecule has 0 bridgehead atoms. The van der Waals surface area contributed by atoms with E-state index in [1.807, 2.05) is 18.2 Å². The van der Waals surface area contributed by atoms with Gasteiger partial charge in [-0.1, -0.05) is 48.0 Å². The molecule has 4 rings (SSSR count). The molecule has 0 saturated carbocycles. The molecule has 2 atom stereocenters. The Morgan fingerprint density at radius 1 is 1.19 bits per heavy atom. The van der Waals surface area contributed by atoms with Gasteiger partial charge in [-0.2, -0.15) is 0 Å². The Balaban J connectivity index is 1.43. The van der Waals surface area contributed by atoms with E-state index in [9.17, 15) is 4.79 Å². The number of hydrazine groups is 1. The molecule has 6 heteroatoms. The number of aromatic nitrogens is 1. The molecule has 0 radical (unpaired) electrons. The molecule has 1 saturated heterocycles. The average molecular weight is 383 g/mol. The predicted octanol–water partition coefficient (Wildman–Crippen LogP) is 3.54. The summed E-state index contributed by atoms with van der Waals surface area (Å²) in [5, 5.41) is 4.90. The van der Waals surface area contributed by atoms with Crippen LogP contribution in [0.25, 0.3) is 10.9 Å². The Labute approximate surface area is 163 Å². The second kappa shape index (κ2) is 7.72. The van der Waals surface area contributed by atoms with E-state index in [1.165, 1.54) is 16.6 Å². The molecule has 2 unspecified atom stereocenters. The van der Waals surface area contributed by atoms with Gasteiger partial charge in [0.15, 0.2) is 0 Å². The lowest BCUT2D eigenvalue weighted by Crippen LogP contribution is -2.44. The minimum absolute atomic E-state index is 0.0425. The zero-order valence-corrected chi connectivity index (χ0v) is 16.0. The summed E-state index contributed by atoms with van der Waals surface area (Å²) in [4.78, 5) is 12.4. The third kappa shape index (κ3) is 3.72. The highest BCUT2D eigenvalue weighted by Gasteiger charge is 2.28. The first-order chi connectivity index (χ1) is 13.2. The molecule has 1 amide bonds. The topological polar surface area (TPSA) is 58.1 Å². The fourth-order valence-corrected chi connectivity index (χ4v) is 3.98. The molecule has 1 aliphatic rings. The van der Waals surface area contributed by atoms with Gasteiger partial charge >= 0.3 is 0 Å². The number of halogens is 1. The number of hydrogen-bond donors (Lipinski definition) is 3. The van der Waals surface area contributed by atoms with Crippen molar-refractivity contribution in [2.45, 2.75) is 38.5 Å². The summed E-state index contributed by atoms with van der Waals surface area (Å²) >= 11 is 6.15. The zero-order valence-electron chi connectivity index (χ0n) is 15.2. The predicted molar refractivity (Wildman–Crippen MR) is 108 cm³/mol. The van der Waals surface area contributed by atoms with Crippen LogP contribution in [0.1, 0.15) is 30.6 Å². The van der Waals surface area contributed by atoms with E-state index in [0.29, 0.717) is 5.02 Å². The molecule has 3 aromatic rings. The average Bonchev–Trinajstić information content (AvgIpc) is 3.27. The minimum Gasteiger partial charge on any atom is -0.343 e. The summed E-state index contributed by atoms with van der Waals surface area (Å²) in [5.74, 6) is -0.0425. The van der Waals surface area contributed by atoms with E-state index < -0.39 is 0 Å². The summed E-state index contributed by atoms with van der Waals surface area (Å²) < 4.78 is 2.32. The van der Waals surface area contributed by atoms with Crippen LogP contribution in [-0.2, 0) is 17.8 Å². The number of nitrogens with zero attached hydrogens (tertiary/aromatic N) is 1. The molecule has 5 nitrogen and oxygen atoms in total. The van der Waals surface area contributed by atoms with Gasteiger partial charge in [-0.05, 0) is 36.1 Å². The van der Waals surface area contributed by atoms with Crippen LogP contribution >= 0.6 is 11.6 Å². The van der Waals surface area contributed by atoms with Crippen LogP contribution in [0.4, 0.5) is 0 Å². The lowest BCUT2D eigenvalue weighted by Gasteiger charge is -2.14. The van der Waals surface area contributed by atoms with Crippen molar-refractivity contribution in [3.63, 3.8) is 0 Å². The van der Waals surface area contributed by atoms with Gasteiger partial charge in [0, 0.05) is 29.2 Å². The Morgan fingerprint density at radius 3 is 2.78 bits per heavy atom. The zero-order chi connectivity index (χ0) is 18.8. The molecule has 0 spiro atoms. The number of nitrogens with one attached hydrogen (secondary N) is 3. The molecule has 27 heavy (non-hydrogen) atoms. The number of para-hydroxylation sites is 1. The number of carbonyl (C=O) groups is 1. The highest BCUT2D eigenvalue weighted by Crippen LogP contribution is 2.28. The summed E-state index contributed by atoms with van der Waals surface area (Å²) in [6, 6.07) is 18.2. The highest BCUT2D eigenvalue weighted by atomic mass is 35.5. The molecule has 1 aromatic heterocycles. The molecule has 2 aromatic carbocycles. The normalized spacial score (nSPS) is 19.5. The number of carbonyl (C=O) groups excluding carboxylic acids is 1. The van der Waals surface area contributed by atoms with Gasteiger partial charge in [0.2, 0.25) is 5.91 Å². The van der Waals surface area contributed by atoms with Crippen LogP contribution in [0.3, 0.4) is 0 Å². The Kier molecular flexibility index (Phi) is 5.16. The minimum atomic E-state index is -0.117. The first-order valence-electron chi connectivity index (χ1n) is 9.27. The lowest BCUT2D eigenvalue weighted by molar-refractivity contribution is -0.121. The second-order valence-electron chi connectivity index (χ2n) is 6.84. The molecule has 2 heterocycles. The van der Waals surface area contributed by atoms with Crippen LogP contribution in [0, 0.1) is 0 Å². The summed E-state index contributed by atoms with van der Waals surface area (Å²) in [5.41, 5.74) is 9.84. The third-order valence-electron chi connectivity index (χ3n) is 5.06. The number of rotatable bonds is 5. The van der Waals surface area contributed by atoms with Crippen LogP contribution < -0.4 is 16.2 Å². The van der Waals surface area contributed by atoms with Gasteiger partial charge < -0.3 is 9.88 Å². The van der Waals surface area contributed by atoms with Gasteiger partial charge in [-0.15, -0.1) is 0 Å². The van der Waals surface area contributed by atoms with Gasteiger partial charge in [-0.25, -0.2) is 10.9 Å². The van der Waals surface area contributed by atoms with Crippen molar-refractivity contribution >= 4 is 28.4 Å². The van der Waals surface area contributed by atoms with Crippen LogP contribution in [0.5, 0.6) is 0 Å². The molecule has 140 valence electrons. The Bertz CT molecular complexity index is 968. The van der Waals surface area contributed by atoms with E-state index in [1.54, 1.807) is 6.07 Å². The van der Waals surface area contributed by atoms with Gasteiger partial charge in [0.25, 0.3) is 0 Å². The first kappa shape index (κ1) is 18.0. The monoisotopic (exact) mass is 382 g/mol. The molecule has 1 aliphatic heterocycles. The molecule has 3 N–H and O–H groups in total. The van der Waals surface area contributed by atoms with E-state index in [4.69, 9.17) is 11.6 Å². The van der Waals surface area contributed by atoms with E-state index in [-0.39, 0.29) is 24.5 Å². The van der Waals surface area contributed by atoms with Crippen molar-refractivity contribution in [3.8, 4) is 0 Å². The Morgan fingerprint density at radius 2 is 1.96 bits per heavy atom. The van der Waals surface area contributed by atoms with Crippen molar-refractivity contribution in [1.82, 2.24) is 20.7 Å². The molecular formula is C21H23ClN4O. The van der Waals surface area contributed by atoms with Crippen LogP contribution in [-0.4, -0.2) is 16.6 Å². The molecule has 0 aliphatic carbocycles. The third-order valence-corrected chi connectivity index (χ3v) is 5.43. The highest BCUT2D eigenvalue weighted by molar-refractivity contribution is 6.31. The number of benzene rings is 2. The maximum atomic E-state index is 12.4. The van der Waals surface area contributed by atoms with E-state index in [2.05, 4.69) is 58.0 Å². The van der Waals surface area contributed by atoms with Crippen molar-refractivity contribution < 1.29 is 4.79 Å². The molecule has 1 fully saturated rings. The Hall–Kier alpha value is -2.34. The van der Waals surface area contributed by atoms with Gasteiger partial charge in [0.1, 0.15) is 0 Å². The fourth-order valence-electron chi connectivity index (χ4n) is 3.78. The fraction of sp³-hybridized carbons (Fsp3) is 0.286. The summed E-state index contributed by atoms with van der Waals surface area (Å²) in [7, 11) is 0. The van der Waals surface area contributed by atoms with Gasteiger partial charge in [-0.3, -0.25) is 4.79 Å². The summed E-state index contributed by atoms with van der Waals surface area (Å²) in [6.45, 7) is 3.06. The van der Waals surface area contributed by atoms with Crippen molar-refractivity contribution in [2.75, 3.05) is 0 Å². The van der Waals surface area contributed by atoms with E-state index in [0.717, 1.165) is 18.5 Å². The SMILES string of the molecule is CCn1c(C2CC(NC(=O)Cc3ccccc3Cl)NN2)cc2ccccc21. The van der Waals surface area contributed by atoms with Crippen molar-refractivity contribution in [3.05, 3.63) is 70.9 Å². The van der Waals surface area contributed by atoms with Crippen molar-refractivity contribution in [1.29, 1.82) is 0 Å². The summed E-state index contributed by atoms with van der Waals surface area (Å²) in [6.07, 6.45) is 0.941. The standard InChI is InChI=1S/C21H23ClN4O/c1-2-26-18-10-6-4-8-15(18)11-19(26)17-13-20(25-24-17)23-21(27)12-14-7-3-5-9-16(14)22/h3-11,17,20,24-25H,2,12-13H2,1H3,(H,23,27). The lowest BCUT2D eigenvalue weighted by atomic mass is 10.1. The second-order valence-corrected chi connectivity index (χ2v) is 7.24. The first-order valence-corrected chi connectivity index (χ1v) is 9.65. The smallest absolute Gasteiger partial charge is 0.225 e. The van der Waals surface area contributed by atoms with Crippen molar-refractivity contribution in [2.24, 2.45) is 0 Å². The number of fused-ring (bicyclic) bond motifs is 1. The maximum absolute atomic E-state index is 12.4. The van der Waals surface area contributed by atoms with Crippen LogP contribution in [0.2, 0.25) is 5.02 Å². The quantitative estimate of drug-likeness (QED) is 0.632. The largest absolute Gasteiger partial charge is 0.343 e. The maximum Gasteiger partial charge on any atom is 0.225 e. The van der Waals surface area contributed by atoms with Gasteiger partial charge in [0.05, 0.1) is 18.6 Å². The number of amides is 1. The number of aryl methyl sites for hydroxylation is 1. The van der Waals surface area contributed by atoms with Crippen LogP contribution in [0.15, 0.2) is 54.6 Å². The number of hydrogen-bond acceptors (Lipinski definition) is 3. The molecular weight excluding hydrogens is 360 g/mol. The van der Waals surface area contributed by atoms with E-state index >= 15 is 0 Å².